The van der Waals surface area contributed by atoms with Crippen molar-refractivity contribution in [2.75, 3.05) is 14.2 Å². The molecule has 1 aliphatic rings. The zero-order chi connectivity index (χ0) is 16.9. The van der Waals surface area contributed by atoms with Gasteiger partial charge < -0.3 is 13.8 Å². The average molecular weight is 324 g/mol. The van der Waals surface area contributed by atoms with E-state index in [0.29, 0.717) is 0 Å². The van der Waals surface area contributed by atoms with E-state index in [4.69, 9.17) is 13.8 Å². The summed E-state index contributed by atoms with van der Waals surface area (Å²) in [6.45, 7) is 15.1. The summed E-state index contributed by atoms with van der Waals surface area (Å²) in [4.78, 5) is 0. The highest BCUT2D eigenvalue weighted by Gasteiger charge is 2.44. The van der Waals surface area contributed by atoms with Gasteiger partial charge in [-0.05, 0) is 49.8 Å². The van der Waals surface area contributed by atoms with E-state index in [1.54, 1.807) is 14.2 Å². The van der Waals surface area contributed by atoms with Gasteiger partial charge in [0, 0.05) is 19.5 Å². The summed E-state index contributed by atoms with van der Waals surface area (Å²) in [6, 6.07) is 4.55. The van der Waals surface area contributed by atoms with Crippen LogP contribution in [-0.2, 0) is 30.4 Å². The van der Waals surface area contributed by atoms with E-state index in [-0.39, 0.29) is 16.6 Å². The van der Waals surface area contributed by atoms with E-state index >= 15 is 0 Å². The van der Waals surface area contributed by atoms with Gasteiger partial charge >= 0.3 is 0 Å². The number of hydrogen-bond acceptors (Lipinski definition) is 3. The molecular formula is C18H29O3P. The number of benzene rings is 1. The lowest BCUT2D eigenvalue weighted by molar-refractivity contribution is 0.0199. The lowest BCUT2D eigenvalue weighted by Crippen LogP contribution is -2.30. The van der Waals surface area contributed by atoms with Crippen molar-refractivity contribution in [2.24, 2.45) is 0 Å². The molecule has 0 amide bonds. The third kappa shape index (κ3) is 2.97. The number of ether oxygens (including phenoxy) is 1. The summed E-state index contributed by atoms with van der Waals surface area (Å²) < 4.78 is 17.6. The van der Waals surface area contributed by atoms with E-state index < -0.39 is 8.38 Å². The summed E-state index contributed by atoms with van der Waals surface area (Å²) in [6.07, 6.45) is 0. The van der Waals surface area contributed by atoms with Crippen LogP contribution in [0.25, 0.3) is 0 Å². The molecule has 0 saturated heterocycles. The monoisotopic (exact) mass is 324 g/mol. The van der Waals surface area contributed by atoms with Gasteiger partial charge in [0.2, 0.25) is 8.38 Å². The van der Waals surface area contributed by atoms with Crippen molar-refractivity contribution in [1.29, 1.82) is 0 Å². The zero-order valence-corrected chi connectivity index (χ0v) is 16.2. The molecule has 0 fully saturated rings. The molecule has 22 heavy (non-hydrogen) atoms. The van der Waals surface area contributed by atoms with Crippen LogP contribution in [0, 0.1) is 0 Å². The highest BCUT2D eigenvalue weighted by atomic mass is 31.2. The quantitative estimate of drug-likeness (QED) is 0.753. The highest BCUT2D eigenvalue weighted by Crippen LogP contribution is 2.55. The molecule has 0 aromatic heterocycles. The van der Waals surface area contributed by atoms with Crippen LogP contribution >= 0.6 is 8.38 Å². The van der Waals surface area contributed by atoms with Crippen LogP contribution < -0.4 is 5.30 Å². The Balaban J connectivity index is 2.80. The summed E-state index contributed by atoms with van der Waals surface area (Å²) in [5, 5.41) is 1.18. The molecule has 0 N–H and O–H groups in total. The molecule has 124 valence electrons. The maximum absolute atomic E-state index is 6.20. The molecule has 0 spiro atoms. The lowest BCUT2D eigenvalue weighted by atomic mass is 9.80. The second-order valence-corrected chi connectivity index (χ2v) is 9.43. The Bertz CT molecular complexity index is 570. The van der Waals surface area contributed by atoms with Crippen molar-refractivity contribution in [3.8, 4) is 0 Å². The Morgan fingerprint density at radius 3 is 2.09 bits per heavy atom. The van der Waals surface area contributed by atoms with Gasteiger partial charge in [-0.25, -0.2) is 0 Å². The van der Waals surface area contributed by atoms with Crippen molar-refractivity contribution < 1.29 is 13.8 Å². The van der Waals surface area contributed by atoms with Gasteiger partial charge in [0.05, 0.1) is 11.2 Å². The molecule has 1 aliphatic heterocycles. The van der Waals surface area contributed by atoms with Crippen LogP contribution in [0.2, 0.25) is 0 Å². The molecule has 4 heteroatoms. The second-order valence-electron chi connectivity index (χ2n) is 7.93. The van der Waals surface area contributed by atoms with E-state index in [0.717, 1.165) is 0 Å². The van der Waals surface area contributed by atoms with Gasteiger partial charge in [0.15, 0.2) is 0 Å². The minimum atomic E-state index is -1.07. The van der Waals surface area contributed by atoms with Gasteiger partial charge in [-0.2, -0.15) is 0 Å². The van der Waals surface area contributed by atoms with E-state index in [1.807, 2.05) is 0 Å². The van der Waals surface area contributed by atoms with E-state index in [9.17, 15) is 0 Å². The van der Waals surface area contributed by atoms with Crippen molar-refractivity contribution in [2.45, 2.75) is 65.1 Å². The van der Waals surface area contributed by atoms with Crippen molar-refractivity contribution in [3.05, 3.63) is 28.8 Å². The molecule has 0 radical (unpaired) electrons. The first-order valence-electron chi connectivity index (χ1n) is 7.72. The Labute approximate surface area is 136 Å². The summed E-state index contributed by atoms with van der Waals surface area (Å²) in [5.74, 6) is 0. The fourth-order valence-corrected chi connectivity index (χ4v) is 4.64. The number of rotatable bonds is 3. The minimum Gasteiger partial charge on any atom is -0.374 e. The molecule has 1 heterocycles. The van der Waals surface area contributed by atoms with E-state index in [1.165, 1.54) is 22.0 Å². The first kappa shape index (κ1) is 17.9. The normalized spacial score (nSPS) is 21.0. The van der Waals surface area contributed by atoms with Gasteiger partial charge in [-0.3, -0.25) is 0 Å². The standard InChI is InChI=1S/C18H29O3P/c1-16(2,3)12-10-13(17(4,5)19-8)15-14(11-12)18(6,7)21-22(15)20-9/h10-11H,1-9H3. The number of hydrogen-bond donors (Lipinski definition) is 0. The summed E-state index contributed by atoms with van der Waals surface area (Å²) in [5.41, 5.74) is 3.06. The van der Waals surface area contributed by atoms with Crippen LogP contribution in [0.3, 0.4) is 0 Å². The Hall–Kier alpha value is -0.470. The van der Waals surface area contributed by atoms with Crippen LogP contribution in [0.1, 0.15) is 65.2 Å². The second kappa shape index (κ2) is 5.56. The van der Waals surface area contributed by atoms with Crippen molar-refractivity contribution in [1.82, 2.24) is 0 Å². The fraction of sp³-hybridized carbons (Fsp3) is 0.667. The van der Waals surface area contributed by atoms with Gasteiger partial charge in [0.25, 0.3) is 0 Å². The minimum absolute atomic E-state index is 0.0715. The largest absolute Gasteiger partial charge is 0.374 e. The van der Waals surface area contributed by atoms with Crippen LogP contribution in [0.4, 0.5) is 0 Å². The van der Waals surface area contributed by atoms with Crippen LogP contribution in [-0.4, -0.2) is 14.2 Å². The molecule has 0 saturated carbocycles. The predicted molar refractivity (Wildman–Crippen MR) is 92.9 cm³/mol. The molecule has 1 atom stereocenters. The van der Waals surface area contributed by atoms with Crippen molar-refractivity contribution >= 4 is 13.7 Å². The predicted octanol–water partition coefficient (Wildman–Crippen LogP) is 4.71. The van der Waals surface area contributed by atoms with Crippen molar-refractivity contribution in [3.63, 3.8) is 0 Å². The maximum atomic E-state index is 6.20. The average Bonchev–Trinajstić information content (AvgIpc) is 2.68. The molecule has 1 unspecified atom stereocenters. The molecule has 0 bridgehead atoms. The van der Waals surface area contributed by atoms with Crippen LogP contribution in [0.15, 0.2) is 12.1 Å². The van der Waals surface area contributed by atoms with Gasteiger partial charge in [-0.15, -0.1) is 0 Å². The summed E-state index contributed by atoms with van der Waals surface area (Å²) >= 11 is 0. The lowest BCUT2D eigenvalue weighted by Gasteiger charge is -2.30. The third-order valence-corrected chi connectivity index (χ3v) is 6.24. The first-order valence-corrected chi connectivity index (χ1v) is 8.90. The Morgan fingerprint density at radius 2 is 1.64 bits per heavy atom. The van der Waals surface area contributed by atoms with Gasteiger partial charge in [-0.1, -0.05) is 32.9 Å². The Morgan fingerprint density at radius 1 is 1.05 bits per heavy atom. The van der Waals surface area contributed by atoms with Crippen LogP contribution in [0.5, 0.6) is 0 Å². The molecule has 0 aliphatic carbocycles. The molecule has 2 rings (SSSR count). The highest BCUT2D eigenvalue weighted by molar-refractivity contribution is 7.56. The number of methoxy groups -OCH3 is 1. The van der Waals surface area contributed by atoms with E-state index in [2.05, 4.69) is 60.6 Å². The van der Waals surface area contributed by atoms with Gasteiger partial charge in [0.1, 0.15) is 0 Å². The maximum Gasteiger partial charge on any atom is 0.206 e. The SMILES string of the molecule is COP1OC(C)(C)c2cc(C(C)(C)C)cc(C(C)(C)OC)c21. The molecule has 1 aromatic rings. The smallest absolute Gasteiger partial charge is 0.206 e. The first-order chi connectivity index (χ1) is 9.94. The zero-order valence-electron chi connectivity index (χ0n) is 15.3. The summed E-state index contributed by atoms with van der Waals surface area (Å²) in [7, 11) is 2.41. The third-order valence-electron chi connectivity index (χ3n) is 4.44. The molecule has 1 aromatic carbocycles. The molecule has 3 nitrogen and oxygen atoms in total. The topological polar surface area (TPSA) is 27.7 Å². The number of fused-ring (bicyclic) bond motifs is 1. The molecular weight excluding hydrogens is 295 g/mol. The fourth-order valence-electron chi connectivity index (χ4n) is 2.72. The Kier molecular flexibility index (Phi) is 4.52.